The molecular weight excluding hydrogens is 215 g/mol. The molecule has 6 heteroatoms. The summed E-state index contributed by atoms with van der Waals surface area (Å²) in [6.07, 6.45) is 0. The summed E-state index contributed by atoms with van der Waals surface area (Å²) in [4.78, 5) is 17.6. The second kappa shape index (κ2) is 4.94. The minimum atomic E-state index is -3.47. The minimum absolute atomic E-state index is 0.107. The van der Waals surface area contributed by atoms with E-state index in [1.807, 2.05) is 20.8 Å². The van der Waals surface area contributed by atoms with Crippen LogP contribution in [0.15, 0.2) is 0 Å². The molecule has 0 aliphatic heterocycles. The zero-order valence-corrected chi connectivity index (χ0v) is 10.0. The monoisotopic (exact) mass is 230 g/mol. The number of thioether (sulfide) groups is 1. The van der Waals surface area contributed by atoms with Gasteiger partial charge in [0.05, 0.1) is 6.61 Å². The fourth-order valence-electron chi connectivity index (χ4n) is 0.672. The van der Waals surface area contributed by atoms with Gasteiger partial charge >= 0.3 is 6.72 Å². The van der Waals surface area contributed by atoms with Crippen molar-refractivity contribution in [3.8, 4) is 0 Å². The topological polar surface area (TPSA) is 49.7 Å². The van der Waals surface area contributed by atoms with Crippen LogP contribution < -0.4 is 0 Å². The van der Waals surface area contributed by atoms with E-state index in [0.29, 0.717) is 0 Å². The third kappa shape index (κ3) is 7.53. The lowest BCUT2D eigenvalue weighted by Gasteiger charge is -2.23. The third-order valence-corrected chi connectivity index (χ3v) is 3.09. The van der Waals surface area contributed by atoms with Gasteiger partial charge in [-0.2, -0.15) is 11.8 Å². The van der Waals surface area contributed by atoms with E-state index in [1.165, 1.54) is 0 Å². The van der Waals surface area contributed by atoms with Gasteiger partial charge in [-0.3, -0.25) is 0 Å². The van der Waals surface area contributed by atoms with Gasteiger partial charge in [0, 0.05) is 4.75 Å². The van der Waals surface area contributed by atoms with Gasteiger partial charge in [-0.05, 0) is 31.4 Å². The summed E-state index contributed by atoms with van der Waals surface area (Å²) in [5, 5.41) is 0. The van der Waals surface area contributed by atoms with Gasteiger partial charge in [-0.1, -0.05) is 6.92 Å². The molecule has 0 amide bonds. The highest BCUT2D eigenvalue weighted by Gasteiger charge is 2.21. The van der Waals surface area contributed by atoms with Crippen LogP contribution in [0.4, 0.5) is 0 Å². The first-order valence-corrected chi connectivity index (χ1v) is 7.22. The molecule has 3 nitrogen and oxygen atoms in total. The van der Waals surface area contributed by atoms with E-state index in [9.17, 15) is 0 Å². The summed E-state index contributed by atoms with van der Waals surface area (Å²) in [5.41, 5.74) is 0. The molecule has 0 aromatic rings. The van der Waals surface area contributed by atoms with Crippen molar-refractivity contribution in [1.29, 1.82) is 0 Å². The van der Waals surface area contributed by atoms with E-state index in [0.717, 1.165) is 5.75 Å². The second-order valence-corrected chi connectivity index (χ2v) is 7.59. The molecule has 0 aliphatic carbocycles. The van der Waals surface area contributed by atoms with Gasteiger partial charge in [0.1, 0.15) is 0 Å². The molecule has 0 bridgehead atoms. The summed E-state index contributed by atoms with van der Waals surface area (Å²) < 4.78 is 4.66. The van der Waals surface area contributed by atoms with Gasteiger partial charge in [0.2, 0.25) is 0 Å². The van der Waals surface area contributed by atoms with Crippen LogP contribution in [0.2, 0.25) is 0 Å². The molecule has 0 rings (SSSR count). The Morgan fingerprint density at radius 3 is 2.33 bits per heavy atom. The zero-order valence-electron chi connectivity index (χ0n) is 7.48. The first kappa shape index (κ1) is 12.9. The Balaban J connectivity index is 3.83. The third-order valence-electron chi connectivity index (χ3n) is 1.12. The van der Waals surface area contributed by atoms with Crippen molar-refractivity contribution >= 4 is 30.3 Å². The van der Waals surface area contributed by atoms with Crippen LogP contribution in [0, 0.1) is 0 Å². The molecule has 0 heterocycles. The van der Waals surface area contributed by atoms with Gasteiger partial charge in [-0.25, -0.2) is 0 Å². The highest BCUT2D eigenvalue weighted by atomic mass is 32.5. The van der Waals surface area contributed by atoms with Crippen molar-refractivity contribution < 1.29 is 14.3 Å². The molecule has 0 aromatic heterocycles. The standard InChI is InChI=1S/C6H15O3PS2/c1-4-12-6(2,3)5-9-10(7,8)11/h4-5H2,1-3H3,(H2,7,8,11). The first-order chi connectivity index (χ1) is 5.27. The fourth-order valence-corrected chi connectivity index (χ4v) is 2.33. The van der Waals surface area contributed by atoms with E-state index in [2.05, 4.69) is 11.8 Å². The Labute approximate surface area is 82.8 Å². The molecule has 0 atom stereocenters. The van der Waals surface area contributed by atoms with Crippen molar-refractivity contribution in [3.05, 3.63) is 0 Å². The number of rotatable bonds is 5. The molecule has 0 fully saturated rings. The van der Waals surface area contributed by atoms with Crippen molar-refractivity contribution in [2.75, 3.05) is 12.4 Å². The van der Waals surface area contributed by atoms with Gasteiger partial charge in [0.15, 0.2) is 0 Å². The normalized spacial score (nSPS) is 13.4. The average Bonchev–Trinajstić information content (AvgIpc) is 1.83. The first-order valence-electron chi connectivity index (χ1n) is 3.61. The maximum Gasteiger partial charge on any atom is 0.321 e. The summed E-state index contributed by atoms with van der Waals surface area (Å²) >= 11 is 6.03. The van der Waals surface area contributed by atoms with Crippen molar-refractivity contribution in [3.63, 3.8) is 0 Å². The van der Waals surface area contributed by atoms with Gasteiger partial charge < -0.3 is 14.3 Å². The molecule has 0 radical (unpaired) electrons. The zero-order chi connectivity index (χ0) is 9.83. The fraction of sp³-hybridized carbons (Fsp3) is 1.00. The predicted molar refractivity (Wildman–Crippen MR) is 56.9 cm³/mol. The van der Waals surface area contributed by atoms with Gasteiger partial charge in [-0.15, -0.1) is 0 Å². The van der Waals surface area contributed by atoms with Crippen LogP contribution in [0.1, 0.15) is 20.8 Å². The maximum atomic E-state index is 8.80. The van der Waals surface area contributed by atoms with Crippen LogP contribution >= 0.6 is 18.5 Å². The van der Waals surface area contributed by atoms with Crippen LogP contribution in [0.3, 0.4) is 0 Å². The molecule has 2 N–H and O–H groups in total. The quantitative estimate of drug-likeness (QED) is 0.705. The summed E-state index contributed by atoms with van der Waals surface area (Å²) in [6, 6.07) is 0. The molecule has 0 saturated heterocycles. The summed E-state index contributed by atoms with van der Waals surface area (Å²) in [7, 11) is 0. The van der Waals surface area contributed by atoms with E-state index in [-0.39, 0.29) is 11.4 Å². The van der Waals surface area contributed by atoms with Crippen LogP contribution in [-0.4, -0.2) is 26.9 Å². The van der Waals surface area contributed by atoms with Crippen LogP contribution in [-0.2, 0) is 16.3 Å². The van der Waals surface area contributed by atoms with Gasteiger partial charge in [0.25, 0.3) is 0 Å². The average molecular weight is 230 g/mol. The Morgan fingerprint density at radius 1 is 1.50 bits per heavy atom. The Hall–Kier alpha value is 0.880. The number of hydrogen-bond acceptors (Lipinski definition) is 3. The minimum Gasteiger partial charge on any atom is -0.325 e. The van der Waals surface area contributed by atoms with Crippen molar-refractivity contribution in [2.24, 2.45) is 0 Å². The van der Waals surface area contributed by atoms with E-state index < -0.39 is 6.72 Å². The molecular formula is C6H15O3PS2. The highest BCUT2D eigenvalue weighted by molar-refractivity contribution is 8.06. The Kier molecular flexibility index (Phi) is 5.30. The van der Waals surface area contributed by atoms with E-state index in [4.69, 9.17) is 14.3 Å². The van der Waals surface area contributed by atoms with Crippen molar-refractivity contribution in [1.82, 2.24) is 0 Å². The lowest BCUT2D eigenvalue weighted by Crippen LogP contribution is -2.22. The molecule has 0 aromatic carbocycles. The van der Waals surface area contributed by atoms with E-state index in [1.54, 1.807) is 11.8 Å². The molecule has 74 valence electrons. The smallest absolute Gasteiger partial charge is 0.321 e. The van der Waals surface area contributed by atoms with Crippen LogP contribution in [0.25, 0.3) is 0 Å². The Morgan fingerprint density at radius 2 is 2.00 bits per heavy atom. The molecule has 12 heavy (non-hydrogen) atoms. The molecule has 0 saturated carbocycles. The molecule has 0 unspecified atom stereocenters. The van der Waals surface area contributed by atoms with Crippen molar-refractivity contribution in [2.45, 2.75) is 25.5 Å². The predicted octanol–water partition coefficient (Wildman–Crippen LogP) is 1.74. The lowest BCUT2D eigenvalue weighted by molar-refractivity contribution is 0.234. The summed E-state index contributed by atoms with van der Waals surface area (Å²) in [5.74, 6) is 0.968. The molecule has 0 aliphatic rings. The number of hydrogen-bond donors (Lipinski definition) is 2. The second-order valence-electron chi connectivity index (χ2n) is 2.96. The van der Waals surface area contributed by atoms with Crippen LogP contribution in [0.5, 0.6) is 0 Å². The largest absolute Gasteiger partial charge is 0.325 e. The lowest BCUT2D eigenvalue weighted by atomic mass is 10.2. The summed E-state index contributed by atoms with van der Waals surface area (Å²) in [6.45, 7) is 2.81. The van der Waals surface area contributed by atoms with E-state index >= 15 is 0 Å². The highest BCUT2D eigenvalue weighted by Crippen LogP contribution is 2.39. The SMILES string of the molecule is CCSC(C)(C)COP(O)(O)=S. The molecule has 0 spiro atoms. The Bertz CT molecular complexity index is 178. The maximum absolute atomic E-state index is 8.80.